The highest BCUT2D eigenvalue weighted by atomic mass is 35.5. The molecule has 0 spiro atoms. The average Bonchev–Trinajstić information content (AvgIpc) is 2.55. The lowest BCUT2D eigenvalue weighted by atomic mass is 10.1. The number of ether oxygens (including phenoxy) is 2. The third kappa shape index (κ3) is 5.86. The minimum atomic E-state index is -2.92. The van der Waals surface area contributed by atoms with Gasteiger partial charge in [-0.15, -0.1) is 0 Å². The van der Waals surface area contributed by atoms with Gasteiger partial charge in [-0.05, 0) is 36.8 Å². The fourth-order valence-corrected chi connectivity index (χ4v) is 2.21. The maximum atomic E-state index is 13.0. The summed E-state index contributed by atoms with van der Waals surface area (Å²) in [5, 5.41) is 2.55. The van der Waals surface area contributed by atoms with Crippen LogP contribution in [0.25, 0.3) is 0 Å². The van der Waals surface area contributed by atoms with Gasteiger partial charge in [0.05, 0.1) is 11.1 Å². The van der Waals surface area contributed by atoms with Crippen LogP contribution in [0, 0.1) is 5.82 Å². The number of alkyl halides is 2. The van der Waals surface area contributed by atoms with Crippen LogP contribution >= 0.6 is 11.6 Å². The van der Waals surface area contributed by atoms with Crippen LogP contribution in [0.1, 0.15) is 18.5 Å². The van der Waals surface area contributed by atoms with E-state index < -0.39 is 24.4 Å². The molecule has 2 rings (SSSR count). The standard InChI is InChI=1S/C17H15ClF3NO3/c1-10(11-3-2-4-13(7-11)25-17(20)21)22-16(23)9-24-12-5-6-15(19)14(18)8-12/h2-8,10,17H,9H2,1H3,(H,22,23). The molecule has 0 bridgehead atoms. The fourth-order valence-electron chi connectivity index (χ4n) is 2.04. The van der Waals surface area contributed by atoms with Gasteiger partial charge < -0.3 is 14.8 Å². The fraction of sp³-hybridized carbons (Fsp3) is 0.235. The van der Waals surface area contributed by atoms with Gasteiger partial charge in [0.1, 0.15) is 17.3 Å². The molecule has 1 N–H and O–H groups in total. The SMILES string of the molecule is CC(NC(=O)COc1ccc(F)c(Cl)c1)c1cccc(OC(F)F)c1. The number of benzene rings is 2. The van der Waals surface area contributed by atoms with Gasteiger partial charge in [-0.25, -0.2) is 4.39 Å². The molecule has 134 valence electrons. The van der Waals surface area contributed by atoms with E-state index in [9.17, 15) is 18.0 Å². The molecule has 4 nitrogen and oxygen atoms in total. The zero-order valence-corrected chi connectivity index (χ0v) is 13.9. The van der Waals surface area contributed by atoms with E-state index in [4.69, 9.17) is 16.3 Å². The van der Waals surface area contributed by atoms with E-state index in [-0.39, 0.29) is 23.1 Å². The molecule has 2 aromatic carbocycles. The number of rotatable bonds is 7. The van der Waals surface area contributed by atoms with E-state index >= 15 is 0 Å². The molecule has 8 heteroatoms. The highest BCUT2D eigenvalue weighted by molar-refractivity contribution is 6.30. The Hall–Kier alpha value is -2.41. The summed E-state index contributed by atoms with van der Waals surface area (Å²) in [5.41, 5.74) is 0.594. The lowest BCUT2D eigenvalue weighted by Gasteiger charge is -2.16. The van der Waals surface area contributed by atoms with Crippen LogP contribution in [0.15, 0.2) is 42.5 Å². The van der Waals surface area contributed by atoms with Crippen molar-refractivity contribution in [3.63, 3.8) is 0 Å². The number of carbonyl (C=O) groups is 1. The summed E-state index contributed by atoms with van der Waals surface area (Å²) in [7, 11) is 0. The Balaban J connectivity index is 1.90. The quantitative estimate of drug-likeness (QED) is 0.785. The molecule has 2 aromatic rings. The van der Waals surface area contributed by atoms with Crippen molar-refractivity contribution in [2.45, 2.75) is 19.6 Å². The lowest BCUT2D eigenvalue weighted by molar-refractivity contribution is -0.123. The van der Waals surface area contributed by atoms with E-state index in [2.05, 4.69) is 10.1 Å². The summed E-state index contributed by atoms with van der Waals surface area (Å²) in [6.07, 6.45) is 0. The zero-order chi connectivity index (χ0) is 18.4. The van der Waals surface area contributed by atoms with Gasteiger partial charge in [0, 0.05) is 6.07 Å². The summed E-state index contributed by atoms with van der Waals surface area (Å²) in [5.74, 6) is -0.765. The van der Waals surface area contributed by atoms with Crippen molar-refractivity contribution < 1.29 is 27.4 Å². The normalized spacial score (nSPS) is 11.9. The molecule has 0 radical (unpaired) electrons. The van der Waals surface area contributed by atoms with Crippen LogP contribution in [0.2, 0.25) is 5.02 Å². The van der Waals surface area contributed by atoms with E-state index in [0.717, 1.165) is 6.07 Å². The summed E-state index contributed by atoms with van der Waals surface area (Å²) < 4.78 is 47.1. The van der Waals surface area contributed by atoms with Gasteiger partial charge in [-0.3, -0.25) is 4.79 Å². The maximum Gasteiger partial charge on any atom is 0.387 e. The van der Waals surface area contributed by atoms with Gasteiger partial charge in [0.25, 0.3) is 5.91 Å². The van der Waals surface area contributed by atoms with Crippen molar-refractivity contribution in [1.82, 2.24) is 5.32 Å². The largest absolute Gasteiger partial charge is 0.484 e. The molecule has 1 unspecified atom stereocenters. The van der Waals surface area contributed by atoms with E-state index in [1.807, 2.05) is 0 Å². The summed E-state index contributed by atoms with van der Waals surface area (Å²) in [6.45, 7) is -1.54. The van der Waals surface area contributed by atoms with Crippen LogP contribution in [-0.2, 0) is 4.79 Å². The summed E-state index contributed by atoms with van der Waals surface area (Å²) in [4.78, 5) is 11.9. The van der Waals surface area contributed by atoms with Crippen LogP contribution in [-0.4, -0.2) is 19.1 Å². The van der Waals surface area contributed by atoms with Gasteiger partial charge in [-0.2, -0.15) is 8.78 Å². The molecule has 1 atom stereocenters. The molecule has 0 heterocycles. The van der Waals surface area contributed by atoms with E-state index in [0.29, 0.717) is 5.56 Å². The third-order valence-electron chi connectivity index (χ3n) is 3.22. The highest BCUT2D eigenvalue weighted by Gasteiger charge is 2.12. The van der Waals surface area contributed by atoms with Crippen molar-refractivity contribution in [1.29, 1.82) is 0 Å². The van der Waals surface area contributed by atoms with Crippen LogP contribution in [0.3, 0.4) is 0 Å². The molecular formula is C17H15ClF3NO3. The second kappa shape index (κ2) is 8.62. The summed E-state index contributed by atoms with van der Waals surface area (Å²) in [6, 6.07) is 9.32. The molecule has 1 amide bonds. The first-order valence-corrected chi connectivity index (χ1v) is 7.65. The lowest BCUT2D eigenvalue weighted by Crippen LogP contribution is -2.31. The second-order valence-corrected chi connectivity index (χ2v) is 5.51. The van der Waals surface area contributed by atoms with Gasteiger partial charge in [0.15, 0.2) is 6.61 Å². The van der Waals surface area contributed by atoms with Gasteiger partial charge >= 0.3 is 6.61 Å². The Morgan fingerprint density at radius 3 is 2.64 bits per heavy atom. The van der Waals surface area contributed by atoms with E-state index in [1.54, 1.807) is 19.1 Å². The maximum absolute atomic E-state index is 13.0. The second-order valence-electron chi connectivity index (χ2n) is 5.10. The molecule has 0 aliphatic carbocycles. The molecular weight excluding hydrogens is 359 g/mol. The van der Waals surface area contributed by atoms with Crippen molar-refractivity contribution >= 4 is 17.5 Å². The first-order valence-electron chi connectivity index (χ1n) is 7.27. The number of amides is 1. The Labute approximate surface area is 147 Å². The highest BCUT2D eigenvalue weighted by Crippen LogP contribution is 2.22. The predicted octanol–water partition coefficient (Wildman–Crippen LogP) is 4.34. The monoisotopic (exact) mass is 373 g/mol. The van der Waals surface area contributed by atoms with Crippen molar-refractivity contribution in [3.05, 3.63) is 58.9 Å². The number of carbonyl (C=O) groups excluding carboxylic acids is 1. The Kier molecular flexibility index (Phi) is 6.52. The van der Waals surface area contributed by atoms with Crippen LogP contribution in [0.5, 0.6) is 11.5 Å². The number of hydrogen-bond donors (Lipinski definition) is 1. The predicted molar refractivity (Wildman–Crippen MR) is 86.5 cm³/mol. The summed E-state index contributed by atoms with van der Waals surface area (Å²) >= 11 is 5.62. The molecule has 0 aliphatic rings. The van der Waals surface area contributed by atoms with E-state index in [1.165, 1.54) is 24.3 Å². The Morgan fingerprint density at radius 2 is 1.96 bits per heavy atom. The minimum Gasteiger partial charge on any atom is -0.484 e. The molecule has 0 fully saturated rings. The number of halogens is 4. The van der Waals surface area contributed by atoms with Crippen molar-refractivity contribution in [2.24, 2.45) is 0 Å². The smallest absolute Gasteiger partial charge is 0.387 e. The number of nitrogens with one attached hydrogen (secondary N) is 1. The topological polar surface area (TPSA) is 47.6 Å². The minimum absolute atomic E-state index is 0.00537. The third-order valence-corrected chi connectivity index (χ3v) is 3.51. The number of hydrogen-bond acceptors (Lipinski definition) is 3. The molecule has 0 saturated carbocycles. The Bertz CT molecular complexity index is 743. The van der Waals surface area contributed by atoms with Gasteiger partial charge in [-0.1, -0.05) is 23.7 Å². The molecule has 0 saturated heterocycles. The molecule has 0 aromatic heterocycles. The average molecular weight is 374 g/mol. The molecule has 0 aliphatic heterocycles. The first kappa shape index (κ1) is 18.9. The van der Waals surface area contributed by atoms with Crippen LogP contribution in [0.4, 0.5) is 13.2 Å². The van der Waals surface area contributed by atoms with Crippen molar-refractivity contribution in [2.75, 3.05) is 6.61 Å². The zero-order valence-electron chi connectivity index (χ0n) is 13.1. The van der Waals surface area contributed by atoms with Gasteiger partial charge in [0.2, 0.25) is 0 Å². The van der Waals surface area contributed by atoms with Crippen LogP contribution < -0.4 is 14.8 Å². The molecule has 25 heavy (non-hydrogen) atoms. The van der Waals surface area contributed by atoms with Crippen molar-refractivity contribution in [3.8, 4) is 11.5 Å². The Morgan fingerprint density at radius 1 is 1.20 bits per heavy atom. The first-order chi connectivity index (χ1) is 11.8.